The highest BCUT2D eigenvalue weighted by molar-refractivity contribution is 5.80. The summed E-state index contributed by atoms with van der Waals surface area (Å²) in [6, 6.07) is 11.0. The number of hydrogen-bond donors (Lipinski definition) is 2. The number of aromatic nitrogens is 3. The van der Waals surface area contributed by atoms with Gasteiger partial charge in [-0.1, -0.05) is 17.3 Å². The first kappa shape index (κ1) is 21.7. The van der Waals surface area contributed by atoms with Crippen LogP contribution in [-0.2, 0) is 6.42 Å². The van der Waals surface area contributed by atoms with Crippen molar-refractivity contribution in [2.75, 3.05) is 31.6 Å². The number of aryl methyl sites for hydroxylation is 1. The van der Waals surface area contributed by atoms with Crippen molar-refractivity contribution in [2.45, 2.75) is 32.2 Å². The lowest BCUT2D eigenvalue weighted by Crippen LogP contribution is -2.51. The summed E-state index contributed by atoms with van der Waals surface area (Å²) < 4.78 is 19.6. The fraction of sp³-hybridized carbons (Fsp3) is 0.391. The summed E-state index contributed by atoms with van der Waals surface area (Å²) in [6.07, 6.45) is 4.27. The van der Waals surface area contributed by atoms with Gasteiger partial charge in [0.15, 0.2) is 11.8 Å². The fourth-order valence-corrected chi connectivity index (χ4v) is 3.81. The van der Waals surface area contributed by atoms with Crippen LogP contribution in [0.1, 0.15) is 24.2 Å². The van der Waals surface area contributed by atoms with Gasteiger partial charge in [-0.15, -0.1) is 0 Å². The summed E-state index contributed by atoms with van der Waals surface area (Å²) in [5, 5.41) is 10.8. The van der Waals surface area contributed by atoms with Crippen molar-refractivity contribution in [3.63, 3.8) is 0 Å². The summed E-state index contributed by atoms with van der Waals surface area (Å²) in [5.41, 5.74) is 2.38. The minimum Gasteiger partial charge on any atom is -0.367 e. The highest BCUT2D eigenvalue weighted by Crippen LogP contribution is 2.24. The lowest BCUT2D eigenvalue weighted by atomic mass is 10.0. The number of anilines is 1. The molecule has 1 aromatic carbocycles. The molecule has 4 rings (SSSR count). The molecule has 0 amide bonds. The van der Waals surface area contributed by atoms with Crippen LogP contribution in [0.2, 0.25) is 0 Å². The quantitative estimate of drug-likeness (QED) is 0.453. The predicted octanol–water partition coefficient (Wildman–Crippen LogP) is 2.96. The first-order chi connectivity index (χ1) is 15.6. The van der Waals surface area contributed by atoms with Gasteiger partial charge in [-0.3, -0.25) is 9.98 Å². The van der Waals surface area contributed by atoms with Gasteiger partial charge < -0.3 is 20.1 Å². The molecule has 0 spiro atoms. The summed E-state index contributed by atoms with van der Waals surface area (Å²) in [5.74, 6) is 1.54. The third-order valence-electron chi connectivity index (χ3n) is 5.42. The van der Waals surface area contributed by atoms with Gasteiger partial charge in [0.2, 0.25) is 0 Å². The van der Waals surface area contributed by atoms with E-state index < -0.39 is 0 Å². The predicted molar refractivity (Wildman–Crippen MR) is 122 cm³/mol. The van der Waals surface area contributed by atoms with Gasteiger partial charge in [0.05, 0.1) is 5.69 Å². The molecule has 0 radical (unpaired) electrons. The SMILES string of the molecule is CN=C(NCCc1noc(-c2ccccn2)n1)NC1CCCN(c2cc(C)ccc2F)C1. The van der Waals surface area contributed by atoms with Crippen molar-refractivity contribution in [3.05, 3.63) is 59.8 Å². The molecule has 2 aromatic heterocycles. The van der Waals surface area contributed by atoms with Gasteiger partial charge in [0, 0.05) is 45.3 Å². The molecule has 168 valence electrons. The van der Waals surface area contributed by atoms with E-state index in [2.05, 4.69) is 35.7 Å². The Morgan fingerprint density at radius 2 is 2.22 bits per heavy atom. The summed E-state index contributed by atoms with van der Waals surface area (Å²) >= 11 is 0. The van der Waals surface area contributed by atoms with Crippen molar-refractivity contribution in [2.24, 2.45) is 4.99 Å². The largest absolute Gasteiger partial charge is 0.367 e. The number of pyridine rings is 1. The van der Waals surface area contributed by atoms with E-state index in [0.717, 1.165) is 31.5 Å². The van der Waals surface area contributed by atoms with Crippen molar-refractivity contribution >= 4 is 11.6 Å². The Morgan fingerprint density at radius 1 is 1.31 bits per heavy atom. The van der Waals surface area contributed by atoms with Crippen LogP contribution in [-0.4, -0.2) is 53.8 Å². The zero-order valence-electron chi connectivity index (χ0n) is 18.4. The maximum Gasteiger partial charge on any atom is 0.276 e. The van der Waals surface area contributed by atoms with Crippen LogP contribution in [0, 0.1) is 12.7 Å². The first-order valence-electron chi connectivity index (χ1n) is 10.8. The third kappa shape index (κ3) is 5.40. The summed E-state index contributed by atoms with van der Waals surface area (Å²) in [6.45, 7) is 4.15. The molecule has 1 saturated heterocycles. The number of halogens is 1. The zero-order chi connectivity index (χ0) is 22.3. The highest BCUT2D eigenvalue weighted by atomic mass is 19.1. The number of guanidine groups is 1. The van der Waals surface area contributed by atoms with E-state index >= 15 is 0 Å². The van der Waals surface area contributed by atoms with E-state index in [4.69, 9.17) is 4.52 Å². The molecule has 3 heterocycles. The molecule has 0 bridgehead atoms. The lowest BCUT2D eigenvalue weighted by Gasteiger charge is -2.35. The van der Waals surface area contributed by atoms with Crippen molar-refractivity contribution in [1.82, 2.24) is 25.8 Å². The smallest absolute Gasteiger partial charge is 0.276 e. The van der Waals surface area contributed by atoms with Crippen LogP contribution in [0.4, 0.5) is 10.1 Å². The van der Waals surface area contributed by atoms with Crippen LogP contribution in [0.25, 0.3) is 11.6 Å². The van der Waals surface area contributed by atoms with Crippen molar-refractivity contribution in [3.8, 4) is 11.6 Å². The van der Waals surface area contributed by atoms with Crippen LogP contribution in [0.15, 0.2) is 52.1 Å². The maximum absolute atomic E-state index is 14.3. The van der Waals surface area contributed by atoms with Gasteiger partial charge in [-0.05, 0) is 49.6 Å². The molecule has 1 aliphatic heterocycles. The summed E-state index contributed by atoms with van der Waals surface area (Å²) in [4.78, 5) is 15.0. The zero-order valence-corrected chi connectivity index (χ0v) is 18.4. The number of benzene rings is 1. The molecular formula is C23H28FN7O. The highest BCUT2D eigenvalue weighted by Gasteiger charge is 2.23. The monoisotopic (exact) mass is 437 g/mol. The molecule has 32 heavy (non-hydrogen) atoms. The Bertz CT molecular complexity index is 1050. The molecule has 0 aliphatic carbocycles. The molecule has 1 atom stereocenters. The number of nitrogens with one attached hydrogen (secondary N) is 2. The van der Waals surface area contributed by atoms with E-state index in [1.165, 1.54) is 0 Å². The standard InChI is InChI=1S/C23H28FN7O/c1-16-8-9-18(24)20(14-16)31-13-5-6-17(15-31)28-23(25-2)27-12-10-21-29-22(32-30-21)19-7-3-4-11-26-19/h3-4,7-9,11,14,17H,5-6,10,12-13,15H2,1-2H3,(H2,25,27,28). The molecule has 8 nitrogen and oxygen atoms in total. The Labute approximate surface area is 187 Å². The normalized spacial score (nSPS) is 16.8. The number of hydrogen-bond acceptors (Lipinski definition) is 6. The second kappa shape index (κ2) is 10.2. The average molecular weight is 438 g/mol. The molecule has 1 fully saturated rings. The maximum atomic E-state index is 14.3. The van der Waals surface area contributed by atoms with E-state index in [0.29, 0.717) is 42.0 Å². The van der Waals surface area contributed by atoms with Gasteiger partial charge >= 0.3 is 0 Å². The number of aliphatic imine (C=N–C) groups is 1. The number of piperidine rings is 1. The van der Waals surface area contributed by atoms with E-state index in [-0.39, 0.29) is 11.9 Å². The Kier molecular flexibility index (Phi) is 6.94. The molecule has 2 N–H and O–H groups in total. The molecule has 1 unspecified atom stereocenters. The van der Waals surface area contributed by atoms with Gasteiger partial charge in [0.1, 0.15) is 11.5 Å². The molecule has 0 saturated carbocycles. The van der Waals surface area contributed by atoms with Gasteiger partial charge in [-0.2, -0.15) is 4.98 Å². The van der Waals surface area contributed by atoms with E-state index in [1.54, 1.807) is 25.4 Å². The van der Waals surface area contributed by atoms with E-state index in [9.17, 15) is 4.39 Å². The molecule has 9 heteroatoms. The Hall–Kier alpha value is -3.49. The van der Waals surface area contributed by atoms with E-state index in [1.807, 2.05) is 31.2 Å². The van der Waals surface area contributed by atoms with Crippen LogP contribution < -0.4 is 15.5 Å². The Morgan fingerprint density at radius 3 is 3.03 bits per heavy atom. The fourth-order valence-electron chi connectivity index (χ4n) is 3.81. The number of nitrogens with zero attached hydrogens (tertiary/aromatic N) is 5. The Balaban J connectivity index is 1.28. The van der Waals surface area contributed by atoms with Gasteiger partial charge in [-0.25, -0.2) is 4.39 Å². The minimum absolute atomic E-state index is 0.177. The van der Waals surface area contributed by atoms with Gasteiger partial charge in [0.25, 0.3) is 5.89 Å². The average Bonchev–Trinajstić information content (AvgIpc) is 3.30. The second-order valence-electron chi connectivity index (χ2n) is 7.86. The molecule has 3 aromatic rings. The first-order valence-corrected chi connectivity index (χ1v) is 10.8. The molecular weight excluding hydrogens is 409 g/mol. The number of rotatable bonds is 6. The van der Waals surface area contributed by atoms with Crippen molar-refractivity contribution < 1.29 is 8.91 Å². The molecule has 1 aliphatic rings. The summed E-state index contributed by atoms with van der Waals surface area (Å²) in [7, 11) is 1.74. The van der Waals surface area contributed by atoms with Crippen LogP contribution in [0.3, 0.4) is 0 Å². The minimum atomic E-state index is -0.177. The van der Waals surface area contributed by atoms with Crippen LogP contribution in [0.5, 0.6) is 0 Å². The topological polar surface area (TPSA) is 91.5 Å². The lowest BCUT2D eigenvalue weighted by molar-refractivity contribution is 0.421. The second-order valence-corrected chi connectivity index (χ2v) is 7.86. The van der Waals surface area contributed by atoms with Crippen LogP contribution >= 0.6 is 0 Å². The third-order valence-corrected chi connectivity index (χ3v) is 5.42. The van der Waals surface area contributed by atoms with Crippen molar-refractivity contribution in [1.29, 1.82) is 0 Å².